The van der Waals surface area contributed by atoms with Gasteiger partial charge in [-0.15, -0.1) is 0 Å². The van der Waals surface area contributed by atoms with E-state index >= 15 is 0 Å². The Morgan fingerprint density at radius 3 is 2.43 bits per heavy atom. The second-order valence-electron chi connectivity index (χ2n) is 8.30. The lowest BCUT2D eigenvalue weighted by Gasteiger charge is -2.60. The Kier molecular flexibility index (Phi) is 3.79. The Bertz CT molecular complexity index is 448. The highest BCUT2D eigenvalue weighted by atomic mass is 32.1. The highest BCUT2D eigenvalue weighted by Gasteiger charge is 2.58. The number of carbonyl (C=O) groups is 1. The van der Waals surface area contributed by atoms with Crippen LogP contribution in [0.1, 0.15) is 65.2 Å². The topological polar surface area (TPSA) is 55.1 Å². The maximum absolute atomic E-state index is 13.0. The molecule has 21 heavy (non-hydrogen) atoms. The van der Waals surface area contributed by atoms with Gasteiger partial charge in [0.1, 0.15) is 0 Å². The van der Waals surface area contributed by atoms with Crippen LogP contribution in [0.5, 0.6) is 0 Å². The summed E-state index contributed by atoms with van der Waals surface area (Å²) in [5.74, 6) is 1.83. The van der Waals surface area contributed by atoms with Crippen molar-refractivity contribution in [1.29, 1.82) is 0 Å². The minimum atomic E-state index is -0.0948. The number of nitrogens with one attached hydrogen (secondary N) is 1. The van der Waals surface area contributed by atoms with E-state index in [0.717, 1.165) is 37.5 Å². The molecule has 0 aromatic rings. The van der Waals surface area contributed by atoms with E-state index in [1.165, 1.54) is 19.3 Å². The molecule has 1 amide bonds. The summed E-state index contributed by atoms with van der Waals surface area (Å²) in [5.41, 5.74) is 5.97. The molecule has 3 N–H and O–H groups in total. The van der Waals surface area contributed by atoms with Gasteiger partial charge >= 0.3 is 0 Å². The average molecular weight is 308 g/mol. The van der Waals surface area contributed by atoms with E-state index < -0.39 is 0 Å². The number of nitrogens with two attached hydrogens (primary N) is 1. The average Bonchev–Trinajstić information content (AvgIpc) is 2.34. The molecule has 4 rings (SSSR count). The van der Waals surface area contributed by atoms with Gasteiger partial charge < -0.3 is 11.1 Å². The maximum Gasteiger partial charge on any atom is 0.226 e. The summed E-state index contributed by atoms with van der Waals surface area (Å²) in [5, 5.41) is 3.27. The second-order valence-corrected chi connectivity index (χ2v) is 8.83. The van der Waals surface area contributed by atoms with E-state index in [1.54, 1.807) is 0 Å². The Morgan fingerprint density at radius 1 is 1.33 bits per heavy atom. The number of amides is 1. The van der Waals surface area contributed by atoms with Crippen molar-refractivity contribution in [2.45, 2.75) is 71.3 Å². The summed E-state index contributed by atoms with van der Waals surface area (Å²) >= 11 is 5.00. The monoisotopic (exact) mass is 308 g/mol. The van der Waals surface area contributed by atoms with Crippen LogP contribution < -0.4 is 11.1 Å². The van der Waals surface area contributed by atoms with Gasteiger partial charge in [-0.25, -0.2) is 0 Å². The smallest absolute Gasteiger partial charge is 0.226 e. The molecule has 4 aliphatic rings. The SMILES string of the molecule is CCC(CC(N)=S)NC(=O)C12CC3CC(CC(C)(C3)C1)C2. The number of thiocarbonyl (C=S) groups is 1. The molecule has 4 aliphatic carbocycles. The molecule has 3 unspecified atom stereocenters. The van der Waals surface area contributed by atoms with Gasteiger partial charge in [-0.3, -0.25) is 4.79 Å². The van der Waals surface area contributed by atoms with E-state index in [9.17, 15) is 4.79 Å². The molecular weight excluding hydrogens is 280 g/mol. The first kappa shape index (κ1) is 15.3. The number of rotatable bonds is 5. The van der Waals surface area contributed by atoms with Gasteiger partial charge in [0.25, 0.3) is 0 Å². The Balaban J connectivity index is 1.73. The highest BCUT2D eigenvalue weighted by Crippen LogP contribution is 2.65. The molecular formula is C17H28N2OS. The normalized spacial score (nSPS) is 41.8. The molecule has 0 saturated heterocycles. The molecule has 4 fully saturated rings. The van der Waals surface area contributed by atoms with Crippen molar-refractivity contribution < 1.29 is 4.79 Å². The predicted octanol–water partition coefficient (Wildman–Crippen LogP) is 3.16. The van der Waals surface area contributed by atoms with Gasteiger partial charge in [0.2, 0.25) is 5.91 Å². The van der Waals surface area contributed by atoms with Gasteiger partial charge in [0.05, 0.1) is 10.4 Å². The molecule has 0 spiro atoms. The van der Waals surface area contributed by atoms with Crippen LogP contribution in [0.2, 0.25) is 0 Å². The quantitative estimate of drug-likeness (QED) is 0.767. The van der Waals surface area contributed by atoms with Gasteiger partial charge in [0, 0.05) is 12.5 Å². The summed E-state index contributed by atoms with van der Waals surface area (Å²) in [6.45, 7) is 4.49. The Hall–Kier alpha value is -0.640. The summed E-state index contributed by atoms with van der Waals surface area (Å²) in [4.78, 5) is 13.5. The summed E-state index contributed by atoms with van der Waals surface area (Å²) in [6, 6.07) is 0.107. The predicted molar refractivity (Wildman–Crippen MR) is 88.8 cm³/mol. The fraction of sp³-hybridized carbons (Fsp3) is 0.882. The van der Waals surface area contributed by atoms with E-state index in [2.05, 4.69) is 19.2 Å². The first-order chi connectivity index (χ1) is 9.84. The highest BCUT2D eigenvalue weighted by molar-refractivity contribution is 7.80. The molecule has 118 valence electrons. The van der Waals surface area contributed by atoms with E-state index in [1.807, 2.05) is 0 Å². The lowest BCUT2D eigenvalue weighted by molar-refractivity contribution is -0.156. The lowest BCUT2D eigenvalue weighted by atomic mass is 9.44. The van der Waals surface area contributed by atoms with Gasteiger partial charge in [0.15, 0.2) is 0 Å². The van der Waals surface area contributed by atoms with Crippen LogP contribution in [0.3, 0.4) is 0 Å². The van der Waals surface area contributed by atoms with Gasteiger partial charge in [-0.1, -0.05) is 26.1 Å². The zero-order valence-corrected chi connectivity index (χ0v) is 14.1. The van der Waals surface area contributed by atoms with Gasteiger partial charge in [-0.05, 0) is 62.2 Å². The van der Waals surface area contributed by atoms with Crippen LogP contribution in [0, 0.1) is 22.7 Å². The van der Waals surface area contributed by atoms with Crippen LogP contribution in [0.25, 0.3) is 0 Å². The fourth-order valence-electron chi connectivity index (χ4n) is 5.86. The molecule has 4 bridgehead atoms. The molecule has 0 aliphatic heterocycles. The van der Waals surface area contributed by atoms with Crippen molar-refractivity contribution in [2.24, 2.45) is 28.4 Å². The minimum absolute atomic E-state index is 0.0948. The molecule has 3 atom stereocenters. The zero-order valence-electron chi connectivity index (χ0n) is 13.3. The van der Waals surface area contributed by atoms with Crippen LogP contribution in [0.4, 0.5) is 0 Å². The third-order valence-corrected chi connectivity index (χ3v) is 6.28. The number of hydrogen-bond donors (Lipinski definition) is 2. The third-order valence-electron chi connectivity index (χ3n) is 6.11. The number of carbonyl (C=O) groups excluding carboxylic acids is 1. The lowest BCUT2D eigenvalue weighted by Crippen LogP contribution is -2.58. The van der Waals surface area contributed by atoms with E-state index in [-0.39, 0.29) is 17.4 Å². The Labute approximate surface area is 133 Å². The molecule has 4 saturated carbocycles. The first-order valence-corrected chi connectivity index (χ1v) is 8.84. The number of hydrogen-bond acceptors (Lipinski definition) is 2. The van der Waals surface area contributed by atoms with Gasteiger partial charge in [-0.2, -0.15) is 0 Å². The summed E-state index contributed by atoms with van der Waals surface area (Å²) in [7, 11) is 0. The molecule has 0 radical (unpaired) electrons. The van der Waals surface area contributed by atoms with Crippen molar-refractivity contribution in [2.75, 3.05) is 0 Å². The fourth-order valence-corrected chi connectivity index (χ4v) is 6.07. The van der Waals surface area contributed by atoms with E-state index in [4.69, 9.17) is 18.0 Å². The molecule has 0 aromatic carbocycles. The second kappa shape index (κ2) is 5.22. The third kappa shape index (κ3) is 2.84. The maximum atomic E-state index is 13.0. The molecule has 3 nitrogen and oxygen atoms in total. The molecule has 0 heterocycles. The van der Waals surface area contributed by atoms with E-state index in [0.29, 0.717) is 16.8 Å². The van der Waals surface area contributed by atoms with Crippen molar-refractivity contribution in [1.82, 2.24) is 5.32 Å². The van der Waals surface area contributed by atoms with Crippen LogP contribution in [-0.4, -0.2) is 16.9 Å². The standard InChI is InChI=1S/C17H28N2OS/c1-3-13(5-14(18)21)19-15(20)17-8-11-4-12(9-17)7-16(2,6-11)10-17/h11-13H,3-10H2,1-2H3,(H2,18,21)(H,19,20). The Morgan fingerprint density at radius 2 is 1.95 bits per heavy atom. The van der Waals surface area contributed by atoms with Crippen molar-refractivity contribution in [3.8, 4) is 0 Å². The van der Waals surface area contributed by atoms with Crippen LogP contribution >= 0.6 is 12.2 Å². The van der Waals surface area contributed by atoms with Crippen LogP contribution in [0.15, 0.2) is 0 Å². The van der Waals surface area contributed by atoms with Crippen LogP contribution in [-0.2, 0) is 4.79 Å². The van der Waals surface area contributed by atoms with Crippen molar-refractivity contribution in [3.05, 3.63) is 0 Å². The minimum Gasteiger partial charge on any atom is -0.393 e. The summed E-state index contributed by atoms with van der Waals surface area (Å²) < 4.78 is 0. The zero-order chi connectivity index (χ0) is 15.3. The summed E-state index contributed by atoms with van der Waals surface area (Å²) in [6.07, 6.45) is 8.84. The first-order valence-electron chi connectivity index (χ1n) is 8.43. The largest absolute Gasteiger partial charge is 0.393 e. The molecule has 4 heteroatoms. The van der Waals surface area contributed by atoms with Crippen molar-refractivity contribution in [3.63, 3.8) is 0 Å². The molecule has 0 aromatic heterocycles. The van der Waals surface area contributed by atoms with Crippen molar-refractivity contribution >= 4 is 23.1 Å².